The van der Waals surface area contributed by atoms with Crippen LogP contribution >= 0.6 is 0 Å². The van der Waals surface area contributed by atoms with Gasteiger partial charge in [-0.25, -0.2) is 4.98 Å². The van der Waals surface area contributed by atoms with Crippen LogP contribution in [0.5, 0.6) is 0 Å². The fourth-order valence-electron chi connectivity index (χ4n) is 9.44. The zero-order chi connectivity index (χ0) is 34.2. The standard InChI is InChI=1S/C47H36N4/c1-46(2)36-17-8-9-21-40(36)50-41-27-30(22-24-32(41)34-15-10-18-37(46)43(34)50)49(29-13-6-5-7-14-29)31-23-25-33-35-16-11-19-38-44(35)51(42(33)28-31)45-39(47(38,3)4)20-12-26-48-45/h5-28H,1-4H3. The van der Waals surface area contributed by atoms with E-state index in [0.29, 0.717) is 0 Å². The molecule has 2 aliphatic heterocycles. The van der Waals surface area contributed by atoms with Crippen molar-refractivity contribution < 1.29 is 0 Å². The van der Waals surface area contributed by atoms with Crippen molar-refractivity contribution in [2.24, 2.45) is 0 Å². The zero-order valence-corrected chi connectivity index (χ0v) is 29.1. The quantitative estimate of drug-likeness (QED) is 0.189. The van der Waals surface area contributed by atoms with Crippen LogP contribution in [0, 0.1) is 0 Å². The Balaban J connectivity index is 1.20. The molecule has 0 atom stereocenters. The lowest BCUT2D eigenvalue weighted by molar-refractivity contribution is 0.624. The predicted octanol–water partition coefficient (Wildman–Crippen LogP) is 12.0. The second-order valence-corrected chi connectivity index (χ2v) is 15.3. The first-order valence-electron chi connectivity index (χ1n) is 17.9. The Labute approximate surface area is 296 Å². The summed E-state index contributed by atoms with van der Waals surface area (Å²) in [5, 5.41) is 5.07. The molecule has 2 aliphatic rings. The lowest BCUT2D eigenvalue weighted by Gasteiger charge is -2.34. The highest BCUT2D eigenvalue weighted by Gasteiger charge is 2.37. The molecule has 0 spiro atoms. The summed E-state index contributed by atoms with van der Waals surface area (Å²) < 4.78 is 4.91. The van der Waals surface area contributed by atoms with Gasteiger partial charge in [-0.2, -0.15) is 0 Å². The van der Waals surface area contributed by atoms with Crippen LogP contribution in [0.1, 0.15) is 49.9 Å². The molecular weight excluding hydrogens is 621 g/mol. The molecule has 6 aromatic carbocycles. The highest BCUT2D eigenvalue weighted by molar-refractivity contribution is 6.14. The van der Waals surface area contributed by atoms with Gasteiger partial charge >= 0.3 is 0 Å². The molecule has 5 heterocycles. The highest BCUT2D eigenvalue weighted by atomic mass is 15.2. The summed E-state index contributed by atoms with van der Waals surface area (Å²) >= 11 is 0. The Bertz CT molecular complexity index is 2740. The van der Waals surface area contributed by atoms with Gasteiger partial charge in [0.2, 0.25) is 0 Å². The first-order valence-corrected chi connectivity index (χ1v) is 17.9. The molecule has 0 fully saturated rings. The van der Waals surface area contributed by atoms with E-state index < -0.39 is 0 Å². The van der Waals surface area contributed by atoms with Crippen molar-refractivity contribution in [1.82, 2.24) is 14.1 Å². The van der Waals surface area contributed by atoms with Crippen molar-refractivity contribution in [2.75, 3.05) is 4.90 Å². The van der Waals surface area contributed by atoms with Crippen LogP contribution < -0.4 is 4.90 Å². The zero-order valence-electron chi connectivity index (χ0n) is 29.1. The molecular formula is C47H36N4. The number of anilines is 3. The molecule has 4 nitrogen and oxygen atoms in total. The maximum absolute atomic E-state index is 5.01. The number of fused-ring (bicyclic) bond motifs is 10. The largest absolute Gasteiger partial charge is 0.310 e. The summed E-state index contributed by atoms with van der Waals surface area (Å²) in [6.45, 7) is 9.36. The van der Waals surface area contributed by atoms with Crippen LogP contribution in [-0.2, 0) is 10.8 Å². The third-order valence-electron chi connectivity index (χ3n) is 11.9. The summed E-state index contributed by atoms with van der Waals surface area (Å²) in [6.07, 6.45) is 1.93. The maximum Gasteiger partial charge on any atom is 0.141 e. The second-order valence-electron chi connectivity index (χ2n) is 15.3. The van der Waals surface area contributed by atoms with E-state index >= 15 is 0 Å². The van der Waals surface area contributed by atoms with E-state index in [4.69, 9.17) is 4.98 Å². The Morgan fingerprint density at radius 3 is 1.69 bits per heavy atom. The smallest absolute Gasteiger partial charge is 0.141 e. The number of para-hydroxylation sites is 4. The first kappa shape index (κ1) is 28.7. The molecule has 0 radical (unpaired) electrons. The number of hydrogen-bond donors (Lipinski definition) is 0. The van der Waals surface area contributed by atoms with Crippen molar-refractivity contribution >= 4 is 60.7 Å². The molecule has 0 saturated carbocycles. The van der Waals surface area contributed by atoms with Gasteiger partial charge in [0, 0.05) is 61.2 Å². The molecule has 3 aromatic heterocycles. The topological polar surface area (TPSA) is 26.0 Å². The minimum atomic E-state index is -0.156. The van der Waals surface area contributed by atoms with Gasteiger partial charge in [0.1, 0.15) is 5.82 Å². The molecule has 0 aliphatic carbocycles. The molecule has 0 N–H and O–H groups in total. The van der Waals surface area contributed by atoms with Crippen molar-refractivity contribution in [3.63, 3.8) is 0 Å². The van der Waals surface area contributed by atoms with Crippen molar-refractivity contribution in [2.45, 2.75) is 38.5 Å². The monoisotopic (exact) mass is 656 g/mol. The van der Waals surface area contributed by atoms with Gasteiger partial charge in [0.25, 0.3) is 0 Å². The van der Waals surface area contributed by atoms with Gasteiger partial charge in [-0.15, -0.1) is 0 Å². The van der Waals surface area contributed by atoms with Crippen LogP contribution in [0.2, 0.25) is 0 Å². The third kappa shape index (κ3) is 3.61. The van der Waals surface area contributed by atoms with E-state index in [9.17, 15) is 0 Å². The highest BCUT2D eigenvalue weighted by Crippen LogP contribution is 2.50. The van der Waals surface area contributed by atoms with Crippen LogP contribution in [0.4, 0.5) is 17.1 Å². The predicted molar refractivity (Wildman–Crippen MR) is 212 cm³/mol. The van der Waals surface area contributed by atoms with Crippen LogP contribution in [-0.4, -0.2) is 14.1 Å². The average molecular weight is 657 g/mol. The van der Waals surface area contributed by atoms with Crippen LogP contribution in [0.3, 0.4) is 0 Å². The number of hydrogen-bond acceptors (Lipinski definition) is 2. The Morgan fingerprint density at radius 2 is 1.00 bits per heavy atom. The van der Waals surface area contributed by atoms with Crippen molar-refractivity contribution in [3.05, 3.63) is 168 Å². The van der Waals surface area contributed by atoms with Crippen LogP contribution in [0.15, 0.2) is 146 Å². The van der Waals surface area contributed by atoms with E-state index in [1.165, 1.54) is 66.0 Å². The van der Waals surface area contributed by atoms with Gasteiger partial charge < -0.3 is 9.47 Å². The van der Waals surface area contributed by atoms with Gasteiger partial charge in [0.05, 0.1) is 27.8 Å². The van der Waals surface area contributed by atoms with E-state index in [1.807, 2.05) is 6.20 Å². The van der Waals surface area contributed by atoms with Gasteiger partial charge in [0.15, 0.2) is 0 Å². The van der Waals surface area contributed by atoms with Gasteiger partial charge in [-0.1, -0.05) is 119 Å². The summed E-state index contributed by atoms with van der Waals surface area (Å²) in [7, 11) is 0. The van der Waals surface area contributed by atoms with Crippen molar-refractivity contribution in [3.8, 4) is 11.5 Å². The third-order valence-corrected chi connectivity index (χ3v) is 11.9. The van der Waals surface area contributed by atoms with Crippen LogP contribution in [0.25, 0.3) is 55.1 Å². The summed E-state index contributed by atoms with van der Waals surface area (Å²) in [5.41, 5.74) is 14.6. The molecule has 0 amide bonds. The molecule has 244 valence electrons. The fourth-order valence-corrected chi connectivity index (χ4v) is 9.44. The number of nitrogens with zero attached hydrogens (tertiary/aromatic N) is 4. The molecule has 51 heavy (non-hydrogen) atoms. The molecule has 0 unspecified atom stereocenters. The van der Waals surface area contributed by atoms with Gasteiger partial charge in [-0.3, -0.25) is 4.57 Å². The number of rotatable bonds is 3. The Hall–Kier alpha value is -6.13. The first-order chi connectivity index (χ1) is 24.8. The maximum atomic E-state index is 5.01. The molecule has 0 bridgehead atoms. The van der Waals surface area contributed by atoms with E-state index in [1.54, 1.807) is 0 Å². The van der Waals surface area contributed by atoms with E-state index in [-0.39, 0.29) is 10.8 Å². The number of benzene rings is 6. The molecule has 4 heteroatoms. The average Bonchev–Trinajstić information content (AvgIpc) is 3.67. The normalized spacial score (nSPS) is 15.0. The number of aromatic nitrogens is 3. The molecule has 9 aromatic rings. The Morgan fingerprint density at radius 1 is 0.451 bits per heavy atom. The minimum Gasteiger partial charge on any atom is -0.310 e. The van der Waals surface area contributed by atoms with Gasteiger partial charge in [-0.05, 0) is 65.2 Å². The molecule has 11 rings (SSSR count). The summed E-state index contributed by atoms with van der Waals surface area (Å²) in [4.78, 5) is 7.42. The second kappa shape index (κ2) is 9.76. The van der Waals surface area contributed by atoms with Crippen molar-refractivity contribution in [1.29, 1.82) is 0 Å². The SMILES string of the molecule is CC1(C)c2ccccc2-n2c3cc(N(c4ccccc4)c4ccc5c6cccc7c6n(c5c4)-c4ncccc4C7(C)C)ccc3c3cccc1c32. The lowest BCUT2D eigenvalue weighted by Crippen LogP contribution is -2.26. The summed E-state index contributed by atoms with van der Waals surface area (Å²) in [6, 6.07) is 51.5. The number of pyridine rings is 1. The Kier molecular flexibility index (Phi) is 5.49. The lowest BCUT2D eigenvalue weighted by atomic mass is 9.75. The summed E-state index contributed by atoms with van der Waals surface area (Å²) in [5.74, 6) is 1.02. The minimum absolute atomic E-state index is 0.0988. The van der Waals surface area contributed by atoms with E-state index in [0.717, 1.165) is 28.4 Å². The molecule has 0 saturated heterocycles. The fraction of sp³-hybridized carbons (Fsp3) is 0.128. The van der Waals surface area contributed by atoms with E-state index in [2.05, 4.69) is 181 Å².